The lowest BCUT2D eigenvalue weighted by molar-refractivity contribution is -0.120. The molecule has 114 valence electrons. The number of hydrogen-bond donors (Lipinski definition) is 1. The maximum absolute atomic E-state index is 12.7. The van der Waals surface area contributed by atoms with Crippen LogP contribution in [0.5, 0.6) is 0 Å². The van der Waals surface area contributed by atoms with Gasteiger partial charge >= 0.3 is 6.18 Å². The molecule has 20 heavy (non-hydrogen) atoms. The van der Waals surface area contributed by atoms with Gasteiger partial charge in [-0.1, -0.05) is 11.8 Å². The summed E-state index contributed by atoms with van der Waals surface area (Å²) in [6, 6.07) is 1.24. The van der Waals surface area contributed by atoms with Crippen LogP contribution in [0.2, 0.25) is 0 Å². The first-order chi connectivity index (χ1) is 9.26. The Morgan fingerprint density at radius 3 is 2.45 bits per heavy atom. The van der Waals surface area contributed by atoms with Gasteiger partial charge in [0, 0.05) is 18.7 Å². The third-order valence-corrected chi connectivity index (χ3v) is 3.05. The molecule has 1 rings (SSSR count). The molecule has 0 spiro atoms. The molecule has 1 aromatic heterocycles. The molecule has 1 aromatic rings. The van der Waals surface area contributed by atoms with E-state index in [1.165, 1.54) is 16.7 Å². The Morgan fingerprint density at radius 2 is 2.00 bits per heavy atom. The average Bonchev–Trinajstić information content (AvgIpc) is 2.34. The number of anilines is 2. The van der Waals surface area contributed by atoms with Crippen LogP contribution in [0.1, 0.15) is 20.8 Å². The van der Waals surface area contributed by atoms with Crippen LogP contribution in [0.3, 0.4) is 0 Å². The van der Waals surface area contributed by atoms with Crippen molar-refractivity contribution in [2.24, 2.45) is 0 Å². The van der Waals surface area contributed by atoms with E-state index in [0.29, 0.717) is 17.5 Å². The summed E-state index contributed by atoms with van der Waals surface area (Å²) in [7, 11) is 0. The van der Waals surface area contributed by atoms with E-state index < -0.39 is 12.7 Å². The van der Waals surface area contributed by atoms with E-state index in [-0.39, 0.29) is 11.9 Å². The van der Waals surface area contributed by atoms with E-state index in [4.69, 9.17) is 0 Å². The van der Waals surface area contributed by atoms with E-state index >= 15 is 0 Å². The summed E-state index contributed by atoms with van der Waals surface area (Å²) in [5, 5.41) is 3.46. The zero-order valence-electron chi connectivity index (χ0n) is 12.0. The highest BCUT2D eigenvalue weighted by molar-refractivity contribution is 7.98. The maximum Gasteiger partial charge on any atom is 0.405 e. The van der Waals surface area contributed by atoms with Crippen molar-refractivity contribution in [3.05, 3.63) is 6.07 Å². The van der Waals surface area contributed by atoms with Crippen molar-refractivity contribution in [1.29, 1.82) is 0 Å². The zero-order chi connectivity index (χ0) is 15.3. The Hall–Kier alpha value is -1.18. The molecule has 4 nitrogen and oxygen atoms in total. The second kappa shape index (κ2) is 7.01. The van der Waals surface area contributed by atoms with Gasteiger partial charge in [-0.25, -0.2) is 9.97 Å². The molecular weight excluding hydrogens is 289 g/mol. The second-order valence-electron chi connectivity index (χ2n) is 4.47. The molecule has 0 saturated carbocycles. The van der Waals surface area contributed by atoms with Crippen LogP contribution in [0.4, 0.5) is 24.8 Å². The first kappa shape index (κ1) is 16.9. The number of aromatic nitrogens is 2. The van der Waals surface area contributed by atoms with Gasteiger partial charge in [0.2, 0.25) is 0 Å². The van der Waals surface area contributed by atoms with Gasteiger partial charge in [-0.2, -0.15) is 13.2 Å². The highest BCUT2D eigenvalue weighted by Gasteiger charge is 2.32. The Morgan fingerprint density at radius 1 is 1.35 bits per heavy atom. The number of nitrogens with one attached hydrogen (secondary N) is 1. The molecular formula is C12H19F3N4S. The van der Waals surface area contributed by atoms with Crippen LogP contribution >= 0.6 is 11.8 Å². The molecule has 0 aromatic carbocycles. The van der Waals surface area contributed by atoms with Crippen LogP contribution in [0, 0.1) is 0 Å². The van der Waals surface area contributed by atoms with Crippen LogP contribution in [-0.2, 0) is 0 Å². The highest BCUT2D eigenvalue weighted by Crippen LogP contribution is 2.26. The summed E-state index contributed by atoms with van der Waals surface area (Å²) in [5.41, 5.74) is 0. The van der Waals surface area contributed by atoms with Gasteiger partial charge in [-0.15, -0.1) is 0 Å². The van der Waals surface area contributed by atoms with Crippen molar-refractivity contribution < 1.29 is 13.2 Å². The van der Waals surface area contributed by atoms with Crippen molar-refractivity contribution in [1.82, 2.24) is 9.97 Å². The Kier molecular flexibility index (Phi) is 5.91. The molecule has 1 heterocycles. The van der Waals surface area contributed by atoms with Crippen LogP contribution in [0.15, 0.2) is 11.2 Å². The minimum atomic E-state index is -4.27. The SMILES string of the molecule is CCNc1cc(N(CC(F)(F)F)C(C)C)nc(SC)n1. The van der Waals surface area contributed by atoms with Gasteiger partial charge in [0.1, 0.15) is 18.2 Å². The molecule has 8 heteroatoms. The second-order valence-corrected chi connectivity index (χ2v) is 5.24. The lowest BCUT2D eigenvalue weighted by Gasteiger charge is -2.29. The van der Waals surface area contributed by atoms with Gasteiger partial charge in [-0.05, 0) is 27.0 Å². The van der Waals surface area contributed by atoms with Crippen molar-refractivity contribution in [2.45, 2.75) is 38.1 Å². The molecule has 0 atom stereocenters. The van der Waals surface area contributed by atoms with Gasteiger partial charge in [0.25, 0.3) is 0 Å². The molecule has 1 N–H and O–H groups in total. The fraction of sp³-hybridized carbons (Fsp3) is 0.667. The monoisotopic (exact) mass is 308 g/mol. The minimum Gasteiger partial charge on any atom is -0.370 e. The summed E-state index contributed by atoms with van der Waals surface area (Å²) in [4.78, 5) is 9.61. The first-order valence-corrected chi connectivity index (χ1v) is 7.49. The predicted molar refractivity (Wildman–Crippen MR) is 76.5 cm³/mol. The topological polar surface area (TPSA) is 41.0 Å². The van der Waals surface area contributed by atoms with Crippen LogP contribution < -0.4 is 10.2 Å². The lowest BCUT2D eigenvalue weighted by Crippen LogP contribution is -2.39. The number of rotatable bonds is 6. The number of halogens is 3. The average molecular weight is 308 g/mol. The van der Waals surface area contributed by atoms with Crippen molar-refractivity contribution in [3.63, 3.8) is 0 Å². The lowest BCUT2D eigenvalue weighted by atomic mass is 10.3. The summed E-state index contributed by atoms with van der Waals surface area (Å²) < 4.78 is 38.0. The zero-order valence-corrected chi connectivity index (χ0v) is 12.8. The summed E-state index contributed by atoms with van der Waals surface area (Å²) in [5.74, 6) is 0.822. The summed E-state index contributed by atoms with van der Waals surface area (Å²) in [6.07, 6.45) is -2.48. The van der Waals surface area contributed by atoms with E-state index in [1.807, 2.05) is 6.92 Å². The molecule has 0 saturated heterocycles. The minimum absolute atomic E-state index is 0.285. The standard InChI is InChI=1S/C12H19F3N4S/c1-5-16-9-6-10(18-11(17-9)20-4)19(8(2)3)7-12(13,14)15/h6,8H,5,7H2,1-4H3,(H,16,17,18). The fourth-order valence-electron chi connectivity index (χ4n) is 1.64. The number of nitrogens with zero attached hydrogens (tertiary/aromatic N) is 3. The van der Waals surface area contributed by atoms with Crippen molar-refractivity contribution >= 4 is 23.4 Å². The van der Waals surface area contributed by atoms with Crippen LogP contribution in [-0.4, -0.2) is 41.5 Å². The number of thioether (sulfide) groups is 1. The number of hydrogen-bond acceptors (Lipinski definition) is 5. The van der Waals surface area contributed by atoms with Gasteiger partial charge in [0.05, 0.1) is 0 Å². The quantitative estimate of drug-likeness (QED) is 0.644. The predicted octanol–water partition coefficient (Wildman–Crippen LogP) is 3.41. The molecule has 0 unspecified atom stereocenters. The van der Waals surface area contributed by atoms with E-state index in [2.05, 4.69) is 15.3 Å². The first-order valence-electron chi connectivity index (χ1n) is 6.27. The molecule has 0 radical (unpaired) electrons. The smallest absolute Gasteiger partial charge is 0.370 e. The number of alkyl halides is 3. The Labute approximate surface area is 121 Å². The van der Waals surface area contributed by atoms with Gasteiger partial charge in [-0.3, -0.25) is 0 Å². The maximum atomic E-state index is 12.7. The highest BCUT2D eigenvalue weighted by atomic mass is 32.2. The molecule has 0 aliphatic carbocycles. The fourth-order valence-corrected chi connectivity index (χ4v) is 2.02. The van der Waals surface area contributed by atoms with E-state index in [0.717, 1.165) is 0 Å². The van der Waals surface area contributed by atoms with Gasteiger partial charge < -0.3 is 10.2 Å². The molecule has 0 aliphatic heterocycles. The molecule has 0 aliphatic rings. The summed E-state index contributed by atoms with van der Waals surface area (Å²) >= 11 is 1.30. The Balaban J connectivity index is 3.14. The van der Waals surface area contributed by atoms with E-state index in [9.17, 15) is 13.2 Å². The normalized spacial score (nSPS) is 11.8. The third kappa shape index (κ3) is 5.07. The molecule has 0 amide bonds. The van der Waals surface area contributed by atoms with Crippen LogP contribution in [0.25, 0.3) is 0 Å². The van der Waals surface area contributed by atoms with Gasteiger partial charge in [0.15, 0.2) is 5.16 Å². The largest absolute Gasteiger partial charge is 0.405 e. The Bertz CT molecular complexity index is 437. The van der Waals surface area contributed by atoms with Crippen molar-refractivity contribution in [2.75, 3.05) is 29.6 Å². The van der Waals surface area contributed by atoms with Crippen molar-refractivity contribution in [3.8, 4) is 0 Å². The van der Waals surface area contributed by atoms with E-state index in [1.54, 1.807) is 26.2 Å². The summed E-state index contributed by atoms with van der Waals surface area (Å²) in [6.45, 7) is 4.93. The molecule has 0 bridgehead atoms. The molecule has 0 fully saturated rings. The third-order valence-electron chi connectivity index (χ3n) is 2.50.